The van der Waals surface area contributed by atoms with Gasteiger partial charge >= 0.3 is 0 Å². The van der Waals surface area contributed by atoms with E-state index in [0.717, 1.165) is 0 Å². The highest BCUT2D eigenvalue weighted by Crippen LogP contribution is 2.22. The van der Waals surface area contributed by atoms with Crippen molar-refractivity contribution >= 4 is 11.6 Å². The number of halogens is 1. The molecule has 3 aromatic rings. The van der Waals surface area contributed by atoms with Gasteiger partial charge in [0.05, 0.1) is 5.56 Å². The highest BCUT2D eigenvalue weighted by atomic mass is 19.1. The van der Waals surface area contributed by atoms with Crippen LogP contribution < -0.4 is 5.32 Å². The number of nitrogens with zero attached hydrogens (tertiary/aromatic N) is 2. The number of hydrogen-bond donors (Lipinski definition) is 1. The molecular weight excluding hydrogens is 297 g/mol. The third-order valence-corrected chi connectivity index (χ3v) is 3.27. The van der Waals surface area contributed by atoms with Crippen molar-refractivity contribution in [3.05, 3.63) is 65.7 Å². The number of aryl methyl sites for hydroxylation is 1. The number of hydrogen-bond acceptors (Lipinski definition) is 4. The molecule has 0 unspecified atom stereocenters. The van der Waals surface area contributed by atoms with Gasteiger partial charge in [-0.1, -0.05) is 30.3 Å². The zero-order valence-corrected chi connectivity index (χ0v) is 12.4. The van der Waals surface area contributed by atoms with Gasteiger partial charge in [0.25, 0.3) is 11.8 Å². The Bertz CT molecular complexity index is 845. The molecule has 0 fully saturated rings. The number of anilines is 1. The number of carbonyl (C=O) groups is 1. The lowest BCUT2D eigenvalue weighted by Crippen LogP contribution is -2.13. The van der Waals surface area contributed by atoms with Gasteiger partial charge in [-0.2, -0.15) is 4.98 Å². The average molecular weight is 311 g/mol. The molecular formula is C17H14FN3O2. The third kappa shape index (κ3) is 3.26. The zero-order valence-electron chi connectivity index (χ0n) is 12.4. The molecule has 1 amide bonds. The standard InChI is InChI=1S/C17H14FN3O2/c1-2-15-20-17(23-21-15)11-6-5-7-12(10-11)19-16(22)13-8-3-4-9-14(13)18/h3-10H,2H2,1H3,(H,19,22). The SMILES string of the molecule is CCc1noc(-c2cccc(NC(=O)c3ccccc3F)c2)n1. The van der Waals surface area contributed by atoms with Crippen molar-refractivity contribution in [3.63, 3.8) is 0 Å². The number of benzene rings is 2. The van der Waals surface area contributed by atoms with Crippen molar-refractivity contribution in [2.24, 2.45) is 0 Å². The maximum Gasteiger partial charge on any atom is 0.258 e. The van der Waals surface area contributed by atoms with Crippen molar-refractivity contribution in [2.75, 3.05) is 5.32 Å². The Kier molecular flexibility index (Phi) is 4.14. The van der Waals surface area contributed by atoms with E-state index in [0.29, 0.717) is 29.4 Å². The fraction of sp³-hybridized carbons (Fsp3) is 0.118. The molecule has 1 N–H and O–H groups in total. The summed E-state index contributed by atoms with van der Waals surface area (Å²) in [6.45, 7) is 1.93. The Morgan fingerprint density at radius 2 is 2.04 bits per heavy atom. The van der Waals surface area contributed by atoms with E-state index in [1.165, 1.54) is 18.2 Å². The molecule has 0 aliphatic rings. The predicted octanol–water partition coefficient (Wildman–Crippen LogP) is 3.69. The molecule has 1 heterocycles. The van der Waals surface area contributed by atoms with E-state index in [-0.39, 0.29) is 5.56 Å². The Labute approximate surface area is 132 Å². The molecule has 0 radical (unpaired) electrons. The molecule has 0 spiro atoms. The lowest BCUT2D eigenvalue weighted by atomic mass is 10.1. The Balaban J connectivity index is 1.83. The first-order valence-electron chi connectivity index (χ1n) is 7.16. The van der Waals surface area contributed by atoms with E-state index < -0.39 is 11.7 Å². The van der Waals surface area contributed by atoms with Crippen molar-refractivity contribution in [1.82, 2.24) is 10.1 Å². The van der Waals surface area contributed by atoms with Crippen LogP contribution in [0.5, 0.6) is 0 Å². The van der Waals surface area contributed by atoms with Crippen LogP contribution in [0.2, 0.25) is 0 Å². The maximum absolute atomic E-state index is 13.6. The second-order valence-electron chi connectivity index (χ2n) is 4.88. The quantitative estimate of drug-likeness (QED) is 0.798. The number of amides is 1. The molecule has 0 aliphatic carbocycles. The number of rotatable bonds is 4. The fourth-order valence-electron chi connectivity index (χ4n) is 2.09. The first-order valence-corrected chi connectivity index (χ1v) is 7.16. The molecule has 1 aromatic heterocycles. The molecule has 23 heavy (non-hydrogen) atoms. The van der Waals surface area contributed by atoms with Crippen molar-refractivity contribution in [1.29, 1.82) is 0 Å². The predicted molar refractivity (Wildman–Crippen MR) is 83.5 cm³/mol. The van der Waals surface area contributed by atoms with Crippen LogP contribution in [0.4, 0.5) is 10.1 Å². The minimum Gasteiger partial charge on any atom is -0.334 e. The van der Waals surface area contributed by atoms with Crippen LogP contribution in [0.1, 0.15) is 23.1 Å². The molecule has 0 saturated carbocycles. The molecule has 0 bridgehead atoms. The molecule has 116 valence electrons. The molecule has 5 nitrogen and oxygen atoms in total. The fourth-order valence-corrected chi connectivity index (χ4v) is 2.09. The van der Waals surface area contributed by atoms with Gasteiger partial charge in [0.1, 0.15) is 5.82 Å². The van der Waals surface area contributed by atoms with Crippen LogP contribution in [-0.2, 0) is 6.42 Å². The largest absolute Gasteiger partial charge is 0.334 e. The zero-order chi connectivity index (χ0) is 16.2. The van der Waals surface area contributed by atoms with Gasteiger partial charge < -0.3 is 9.84 Å². The summed E-state index contributed by atoms with van der Waals surface area (Å²) in [5, 5.41) is 6.50. The number of carbonyl (C=O) groups excluding carboxylic acids is 1. The van der Waals surface area contributed by atoms with Gasteiger partial charge in [0.15, 0.2) is 5.82 Å². The second-order valence-corrected chi connectivity index (χ2v) is 4.88. The van der Waals surface area contributed by atoms with Gasteiger partial charge in [-0.15, -0.1) is 0 Å². The van der Waals surface area contributed by atoms with Crippen LogP contribution >= 0.6 is 0 Å². The minimum absolute atomic E-state index is 0.0102. The Morgan fingerprint density at radius 1 is 1.22 bits per heavy atom. The van der Waals surface area contributed by atoms with Crippen LogP contribution in [0.25, 0.3) is 11.5 Å². The number of aromatic nitrogens is 2. The van der Waals surface area contributed by atoms with Gasteiger partial charge in [-0.3, -0.25) is 4.79 Å². The van der Waals surface area contributed by atoms with Crippen LogP contribution in [0.3, 0.4) is 0 Å². The van der Waals surface area contributed by atoms with Gasteiger partial charge in [-0.25, -0.2) is 4.39 Å². The molecule has 2 aromatic carbocycles. The van der Waals surface area contributed by atoms with Gasteiger partial charge in [0.2, 0.25) is 0 Å². The van der Waals surface area contributed by atoms with E-state index in [9.17, 15) is 9.18 Å². The average Bonchev–Trinajstić information content (AvgIpc) is 3.04. The summed E-state index contributed by atoms with van der Waals surface area (Å²) in [6.07, 6.45) is 0.674. The molecule has 0 aliphatic heterocycles. The monoisotopic (exact) mass is 311 g/mol. The van der Waals surface area contributed by atoms with E-state index >= 15 is 0 Å². The Morgan fingerprint density at radius 3 is 2.78 bits per heavy atom. The van der Waals surface area contributed by atoms with Crippen molar-refractivity contribution in [3.8, 4) is 11.5 Å². The minimum atomic E-state index is -0.564. The molecule has 6 heteroatoms. The summed E-state index contributed by atoms with van der Waals surface area (Å²) >= 11 is 0. The van der Waals surface area contributed by atoms with Gasteiger partial charge in [-0.05, 0) is 30.3 Å². The highest BCUT2D eigenvalue weighted by Gasteiger charge is 2.12. The van der Waals surface area contributed by atoms with Crippen molar-refractivity contribution in [2.45, 2.75) is 13.3 Å². The first-order chi connectivity index (χ1) is 11.2. The summed E-state index contributed by atoms with van der Waals surface area (Å²) in [6, 6.07) is 12.8. The summed E-state index contributed by atoms with van der Waals surface area (Å²) in [7, 11) is 0. The summed E-state index contributed by atoms with van der Waals surface area (Å²) in [5.41, 5.74) is 1.19. The summed E-state index contributed by atoms with van der Waals surface area (Å²) in [5.74, 6) is -0.0877. The molecule has 0 atom stereocenters. The van der Waals surface area contributed by atoms with E-state index in [1.807, 2.05) is 6.92 Å². The lowest BCUT2D eigenvalue weighted by molar-refractivity contribution is 0.102. The van der Waals surface area contributed by atoms with Crippen LogP contribution in [0, 0.1) is 5.82 Å². The summed E-state index contributed by atoms with van der Waals surface area (Å²) < 4.78 is 18.8. The normalized spacial score (nSPS) is 10.5. The van der Waals surface area contributed by atoms with E-state index in [4.69, 9.17) is 4.52 Å². The first kappa shape index (κ1) is 14.9. The van der Waals surface area contributed by atoms with Crippen LogP contribution in [-0.4, -0.2) is 16.0 Å². The smallest absolute Gasteiger partial charge is 0.258 e. The highest BCUT2D eigenvalue weighted by molar-refractivity contribution is 6.04. The maximum atomic E-state index is 13.6. The lowest BCUT2D eigenvalue weighted by Gasteiger charge is -2.06. The molecule has 0 saturated heterocycles. The summed E-state index contributed by atoms with van der Waals surface area (Å²) in [4.78, 5) is 16.4. The second kappa shape index (κ2) is 6.39. The third-order valence-electron chi connectivity index (χ3n) is 3.27. The van der Waals surface area contributed by atoms with Gasteiger partial charge in [0, 0.05) is 17.7 Å². The van der Waals surface area contributed by atoms with E-state index in [1.54, 1.807) is 30.3 Å². The van der Waals surface area contributed by atoms with E-state index in [2.05, 4.69) is 15.5 Å². The van der Waals surface area contributed by atoms with Crippen LogP contribution in [0.15, 0.2) is 53.1 Å². The number of nitrogens with one attached hydrogen (secondary N) is 1. The van der Waals surface area contributed by atoms with Crippen molar-refractivity contribution < 1.29 is 13.7 Å². The Hall–Kier alpha value is -3.02. The topological polar surface area (TPSA) is 68.0 Å². The molecule has 3 rings (SSSR count).